The van der Waals surface area contributed by atoms with E-state index in [9.17, 15) is 0 Å². The van der Waals surface area contributed by atoms with Gasteiger partial charge in [0.15, 0.2) is 0 Å². The Hall–Kier alpha value is -1.72. The fraction of sp³-hybridized carbons (Fsp3) is 0.375. The van der Waals surface area contributed by atoms with Crippen molar-refractivity contribution in [2.45, 2.75) is 33.4 Å². The van der Waals surface area contributed by atoms with Crippen molar-refractivity contribution in [2.75, 3.05) is 0 Å². The second-order valence-electron chi connectivity index (χ2n) is 5.45. The normalized spacial score (nSPS) is 13.0. The lowest BCUT2D eigenvalue weighted by molar-refractivity contribution is 0.571. The van der Waals surface area contributed by atoms with Crippen LogP contribution in [-0.2, 0) is 13.6 Å². The monoisotopic (exact) mass is 300 g/mol. The minimum Gasteiger partial charge on any atom is -0.306 e. The summed E-state index contributed by atoms with van der Waals surface area (Å²) in [4.78, 5) is 4.50. The first-order valence-corrected chi connectivity index (χ1v) is 7.94. The third kappa shape index (κ3) is 2.84. The smallest absolute Gasteiger partial charge is 0.0907 e. The van der Waals surface area contributed by atoms with Gasteiger partial charge in [0.1, 0.15) is 0 Å². The lowest BCUT2D eigenvalue weighted by Gasteiger charge is -2.13. The molecule has 3 rings (SSSR count). The number of hydrogen-bond donors (Lipinski definition) is 1. The third-order valence-corrected chi connectivity index (χ3v) is 4.85. The van der Waals surface area contributed by atoms with Crippen molar-refractivity contribution >= 4 is 21.6 Å². The van der Waals surface area contributed by atoms with E-state index in [1.54, 1.807) is 11.3 Å². The van der Waals surface area contributed by atoms with E-state index in [-0.39, 0.29) is 6.04 Å². The second-order valence-corrected chi connectivity index (χ2v) is 6.68. The highest BCUT2D eigenvalue weighted by molar-refractivity contribution is 7.18. The van der Waals surface area contributed by atoms with Crippen LogP contribution in [0, 0.1) is 13.8 Å². The first-order valence-electron chi connectivity index (χ1n) is 7.12. The van der Waals surface area contributed by atoms with Gasteiger partial charge in [0.2, 0.25) is 0 Å². The van der Waals surface area contributed by atoms with Gasteiger partial charge in [0.05, 0.1) is 21.4 Å². The molecular weight excluding hydrogens is 280 g/mol. The van der Waals surface area contributed by atoms with Crippen molar-refractivity contribution in [1.29, 1.82) is 0 Å². The predicted molar refractivity (Wildman–Crippen MR) is 87.6 cm³/mol. The van der Waals surface area contributed by atoms with Crippen LogP contribution in [0.25, 0.3) is 10.2 Å². The summed E-state index contributed by atoms with van der Waals surface area (Å²) in [6.07, 6.45) is 1.95. The SMILES string of the molecule is Cc1nc2ccc(CNC(C)c3cnn(C)c3C)cc2s1. The van der Waals surface area contributed by atoms with Crippen molar-refractivity contribution < 1.29 is 0 Å². The minimum atomic E-state index is 0.289. The third-order valence-electron chi connectivity index (χ3n) is 3.91. The molecule has 1 aromatic carbocycles. The van der Waals surface area contributed by atoms with Gasteiger partial charge in [0, 0.05) is 30.9 Å². The zero-order valence-corrected chi connectivity index (χ0v) is 13.7. The molecule has 2 aromatic heterocycles. The molecular formula is C16H20N4S. The Kier molecular flexibility index (Phi) is 3.78. The molecule has 5 heteroatoms. The summed E-state index contributed by atoms with van der Waals surface area (Å²) in [5.41, 5.74) is 4.85. The Morgan fingerprint density at radius 3 is 2.86 bits per heavy atom. The number of thiazole rings is 1. The molecule has 0 aliphatic carbocycles. The molecule has 2 heterocycles. The van der Waals surface area contributed by atoms with Crippen LogP contribution < -0.4 is 5.32 Å². The van der Waals surface area contributed by atoms with E-state index in [0.29, 0.717) is 0 Å². The zero-order chi connectivity index (χ0) is 15.0. The Balaban J connectivity index is 1.72. The summed E-state index contributed by atoms with van der Waals surface area (Å²) >= 11 is 1.75. The number of nitrogens with one attached hydrogen (secondary N) is 1. The lowest BCUT2D eigenvalue weighted by atomic mass is 10.1. The predicted octanol–water partition coefficient (Wildman–Crippen LogP) is 3.50. The Bertz CT molecular complexity index is 772. The van der Waals surface area contributed by atoms with Gasteiger partial charge in [-0.1, -0.05) is 6.07 Å². The second kappa shape index (κ2) is 5.58. The Morgan fingerprint density at radius 1 is 1.33 bits per heavy atom. The minimum absolute atomic E-state index is 0.289. The average molecular weight is 300 g/mol. The van der Waals surface area contributed by atoms with Gasteiger partial charge in [-0.25, -0.2) is 4.98 Å². The van der Waals surface area contributed by atoms with Crippen LogP contribution in [0.1, 0.15) is 34.8 Å². The van der Waals surface area contributed by atoms with Gasteiger partial charge in [-0.15, -0.1) is 11.3 Å². The largest absolute Gasteiger partial charge is 0.306 e. The molecule has 0 aliphatic rings. The van der Waals surface area contributed by atoms with E-state index < -0.39 is 0 Å². The molecule has 0 saturated heterocycles. The number of fused-ring (bicyclic) bond motifs is 1. The Labute approximate surface area is 128 Å². The molecule has 21 heavy (non-hydrogen) atoms. The number of hydrogen-bond acceptors (Lipinski definition) is 4. The van der Waals surface area contributed by atoms with Gasteiger partial charge in [-0.2, -0.15) is 5.10 Å². The van der Waals surface area contributed by atoms with Crippen molar-refractivity contribution in [2.24, 2.45) is 7.05 Å². The molecule has 110 valence electrons. The maximum atomic E-state index is 4.50. The molecule has 0 fully saturated rings. The average Bonchev–Trinajstić information content (AvgIpc) is 2.98. The van der Waals surface area contributed by atoms with Crippen molar-refractivity contribution in [3.05, 3.63) is 46.2 Å². The van der Waals surface area contributed by atoms with Gasteiger partial charge in [-0.05, 0) is 38.5 Å². The van der Waals surface area contributed by atoms with Crippen LogP contribution in [0.3, 0.4) is 0 Å². The van der Waals surface area contributed by atoms with E-state index in [2.05, 4.69) is 54.4 Å². The number of aryl methyl sites for hydroxylation is 2. The van der Waals surface area contributed by atoms with Crippen molar-refractivity contribution in [1.82, 2.24) is 20.1 Å². The summed E-state index contributed by atoms with van der Waals surface area (Å²) in [6, 6.07) is 6.78. The van der Waals surface area contributed by atoms with Crippen LogP contribution in [0.4, 0.5) is 0 Å². The number of rotatable bonds is 4. The first kappa shape index (κ1) is 14.2. The van der Waals surface area contributed by atoms with E-state index in [4.69, 9.17) is 0 Å². The van der Waals surface area contributed by atoms with Crippen LogP contribution in [0.2, 0.25) is 0 Å². The summed E-state index contributed by atoms with van der Waals surface area (Å²) in [5.74, 6) is 0. The fourth-order valence-corrected chi connectivity index (χ4v) is 3.41. The first-order chi connectivity index (χ1) is 10.0. The molecule has 0 saturated carbocycles. The molecule has 4 nitrogen and oxygen atoms in total. The van der Waals surface area contributed by atoms with Crippen LogP contribution >= 0.6 is 11.3 Å². The summed E-state index contributed by atoms with van der Waals surface area (Å²) in [6.45, 7) is 7.18. The van der Waals surface area contributed by atoms with E-state index in [0.717, 1.165) is 17.1 Å². The quantitative estimate of drug-likeness (QED) is 0.802. The molecule has 3 aromatic rings. The lowest BCUT2D eigenvalue weighted by Crippen LogP contribution is -2.18. The molecule has 1 atom stereocenters. The molecule has 1 N–H and O–H groups in total. The summed E-state index contributed by atoms with van der Waals surface area (Å²) in [5, 5.41) is 9.00. The number of aromatic nitrogens is 3. The van der Waals surface area contributed by atoms with Crippen LogP contribution in [0.15, 0.2) is 24.4 Å². The van der Waals surface area contributed by atoms with Crippen molar-refractivity contribution in [3.63, 3.8) is 0 Å². The summed E-state index contributed by atoms with van der Waals surface area (Å²) < 4.78 is 3.18. The Morgan fingerprint density at radius 2 is 2.14 bits per heavy atom. The van der Waals surface area contributed by atoms with Gasteiger partial charge in [-0.3, -0.25) is 4.68 Å². The van der Waals surface area contributed by atoms with Gasteiger partial charge >= 0.3 is 0 Å². The molecule has 0 radical (unpaired) electrons. The molecule has 0 amide bonds. The zero-order valence-electron chi connectivity index (χ0n) is 12.8. The highest BCUT2D eigenvalue weighted by atomic mass is 32.1. The highest BCUT2D eigenvalue weighted by Gasteiger charge is 2.11. The standard InChI is InChI=1S/C16H20N4S/c1-10(14-9-18-20(4)11(14)2)17-8-13-5-6-15-16(7-13)21-12(3)19-15/h5-7,9-10,17H,8H2,1-4H3. The molecule has 0 bridgehead atoms. The number of benzene rings is 1. The topological polar surface area (TPSA) is 42.7 Å². The van der Waals surface area contributed by atoms with E-state index in [1.807, 2.05) is 17.9 Å². The molecule has 1 unspecified atom stereocenters. The molecule has 0 spiro atoms. The van der Waals surface area contributed by atoms with Crippen LogP contribution in [0.5, 0.6) is 0 Å². The van der Waals surface area contributed by atoms with E-state index >= 15 is 0 Å². The summed E-state index contributed by atoms with van der Waals surface area (Å²) in [7, 11) is 1.98. The van der Waals surface area contributed by atoms with Gasteiger partial charge < -0.3 is 5.32 Å². The molecule has 0 aliphatic heterocycles. The fourth-order valence-electron chi connectivity index (χ4n) is 2.52. The van der Waals surface area contributed by atoms with Gasteiger partial charge in [0.25, 0.3) is 0 Å². The van der Waals surface area contributed by atoms with Crippen molar-refractivity contribution in [3.8, 4) is 0 Å². The van der Waals surface area contributed by atoms with E-state index in [1.165, 1.54) is 21.5 Å². The maximum absolute atomic E-state index is 4.50. The number of nitrogens with zero attached hydrogens (tertiary/aromatic N) is 3. The maximum Gasteiger partial charge on any atom is 0.0907 e. The highest BCUT2D eigenvalue weighted by Crippen LogP contribution is 2.23. The van der Waals surface area contributed by atoms with Crippen LogP contribution in [-0.4, -0.2) is 14.8 Å².